The van der Waals surface area contributed by atoms with E-state index >= 15 is 0 Å². The third kappa shape index (κ3) is 2.40. The molecule has 0 aromatic heterocycles. The monoisotopic (exact) mass is 244 g/mol. The van der Waals surface area contributed by atoms with Crippen molar-refractivity contribution < 1.29 is 13.9 Å². The SMILES string of the molecule is CC(=O)c1cccc(F)c1Oc1ccccc1C. The van der Waals surface area contributed by atoms with Gasteiger partial charge in [0.05, 0.1) is 5.56 Å². The van der Waals surface area contributed by atoms with Crippen LogP contribution in [0.15, 0.2) is 42.5 Å². The van der Waals surface area contributed by atoms with Crippen LogP contribution in [0.25, 0.3) is 0 Å². The maximum atomic E-state index is 13.8. The number of para-hydroxylation sites is 2. The third-order valence-corrected chi connectivity index (χ3v) is 2.65. The van der Waals surface area contributed by atoms with E-state index in [1.165, 1.54) is 19.1 Å². The number of carbonyl (C=O) groups excluding carboxylic acids is 1. The Morgan fingerprint density at radius 1 is 1.11 bits per heavy atom. The molecule has 0 heterocycles. The first-order valence-electron chi connectivity index (χ1n) is 5.62. The van der Waals surface area contributed by atoms with Gasteiger partial charge >= 0.3 is 0 Å². The summed E-state index contributed by atoms with van der Waals surface area (Å²) in [4.78, 5) is 11.4. The zero-order chi connectivity index (χ0) is 13.1. The van der Waals surface area contributed by atoms with Crippen molar-refractivity contribution in [3.63, 3.8) is 0 Å². The van der Waals surface area contributed by atoms with Crippen LogP contribution in [0.4, 0.5) is 4.39 Å². The first-order chi connectivity index (χ1) is 8.59. The number of rotatable bonds is 3. The topological polar surface area (TPSA) is 26.3 Å². The summed E-state index contributed by atoms with van der Waals surface area (Å²) in [5.74, 6) is -0.228. The molecule has 0 saturated heterocycles. The first kappa shape index (κ1) is 12.3. The zero-order valence-electron chi connectivity index (χ0n) is 10.2. The largest absolute Gasteiger partial charge is 0.453 e. The molecule has 0 aliphatic heterocycles. The lowest BCUT2D eigenvalue weighted by atomic mass is 10.1. The van der Waals surface area contributed by atoms with E-state index in [1.54, 1.807) is 18.2 Å². The van der Waals surface area contributed by atoms with Crippen molar-refractivity contribution in [2.45, 2.75) is 13.8 Å². The van der Waals surface area contributed by atoms with E-state index in [2.05, 4.69) is 0 Å². The van der Waals surface area contributed by atoms with Crippen LogP contribution < -0.4 is 4.74 Å². The molecule has 2 nitrogen and oxygen atoms in total. The number of halogens is 1. The Bertz CT molecular complexity index is 591. The van der Waals surface area contributed by atoms with E-state index in [4.69, 9.17) is 4.74 Å². The summed E-state index contributed by atoms with van der Waals surface area (Å²) in [5, 5.41) is 0. The van der Waals surface area contributed by atoms with Crippen LogP contribution >= 0.6 is 0 Å². The molecule has 92 valence electrons. The molecule has 0 saturated carbocycles. The van der Waals surface area contributed by atoms with Gasteiger partial charge in [-0.3, -0.25) is 4.79 Å². The number of hydrogen-bond donors (Lipinski definition) is 0. The fourth-order valence-electron chi connectivity index (χ4n) is 1.67. The minimum absolute atomic E-state index is 0.0145. The predicted molar refractivity (Wildman–Crippen MR) is 67.7 cm³/mol. The summed E-state index contributed by atoms with van der Waals surface area (Å²) in [6.07, 6.45) is 0. The van der Waals surface area contributed by atoms with Crippen molar-refractivity contribution in [3.8, 4) is 11.5 Å². The van der Waals surface area contributed by atoms with Crippen LogP contribution in [0.5, 0.6) is 11.5 Å². The Morgan fingerprint density at radius 2 is 1.83 bits per heavy atom. The van der Waals surface area contributed by atoms with Crippen LogP contribution in [-0.2, 0) is 0 Å². The molecule has 2 aromatic rings. The summed E-state index contributed by atoms with van der Waals surface area (Å²) in [6.45, 7) is 3.25. The van der Waals surface area contributed by atoms with Gasteiger partial charge in [-0.2, -0.15) is 0 Å². The Morgan fingerprint density at radius 3 is 2.50 bits per heavy atom. The molecule has 2 aromatic carbocycles. The zero-order valence-corrected chi connectivity index (χ0v) is 10.2. The Hall–Kier alpha value is -2.16. The molecule has 0 bridgehead atoms. The molecule has 0 N–H and O–H groups in total. The highest BCUT2D eigenvalue weighted by molar-refractivity contribution is 5.96. The molecular formula is C15H13FO2. The van der Waals surface area contributed by atoms with Crippen LogP contribution in [0.2, 0.25) is 0 Å². The van der Waals surface area contributed by atoms with E-state index in [9.17, 15) is 9.18 Å². The summed E-state index contributed by atoms with van der Waals surface area (Å²) in [5.41, 5.74) is 1.13. The lowest BCUT2D eigenvalue weighted by Crippen LogP contribution is -2.00. The Kier molecular flexibility index (Phi) is 3.42. The molecule has 0 aliphatic rings. The molecule has 2 rings (SSSR count). The van der Waals surface area contributed by atoms with Crippen molar-refractivity contribution in [2.24, 2.45) is 0 Å². The maximum absolute atomic E-state index is 13.8. The lowest BCUT2D eigenvalue weighted by Gasteiger charge is -2.12. The number of Topliss-reactive ketones (excluding diaryl/α,β-unsaturated/α-hetero) is 1. The van der Waals surface area contributed by atoms with Gasteiger partial charge in [-0.25, -0.2) is 4.39 Å². The van der Waals surface area contributed by atoms with Crippen molar-refractivity contribution in [2.75, 3.05) is 0 Å². The molecule has 0 radical (unpaired) electrons. The Labute approximate surface area is 105 Å². The van der Waals surface area contributed by atoms with Crippen molar-refractivity contribution in [1.29, 1.82) is 0 Å². The average molecular weight is 244 g/mol. The van der Waals surface area contributed by atoms with Crippen LogP contribution in [-0.4, -0.2) is 5.78 Å². The van der Waals surface area contributed by atoms with Crippen molar-refractivity contribution in [3.05, 3.63) is 59.4 Å². The summed E-state index contributed by atoms with van der Waals surface area (Å²) in [7, 11) is 0. The summed E-state index contributed by atoms with van der Waals surface area (Å²) in [6, 6.07) is 11.6. The minimum atomic E-state index is -0.536. The van der Waals surface area contributed by atoms with Gasteiger partial charge in [0, 0.05) is 0 Å². The molecule has 18 heavy (non-hydrogen) atoms. The average Bonchev–Trinajstić information content (AvgIpc) is 2.34. The van der Waals surface area contributed by atoms with E-state index in [0.717, 1.165) is 5.56 Å². The number of ether oxygens (including phenoxy) is 1. The highest BCUT2D eigenvalue weighted by Gasteiger charge is 2.14. The van der Waals surface area contributed by atoms with Crippen LogP contribution in [0.3, 0.4) is 0 Å². The maximum Gasteiger partial charge on any atom is 0.173 e. The first-order valence-corrected chi connectivity index (χ1v) is 5.62. The van der Waals surface area contributed by atoms with E-state index in [0.29, 0.717) is 5.75 Å². The van der Waals surface area contributed by atoms with Gasteiger partial charge < -0.3 is 4.74 Å². The highest BCUT2D eigenvalue weighted by Crippen LogP contribution is 2.30. The van der Waals surface area contributed by atoms with E-state index in [1.807, 2.05) is 19.1 Å². The van der Waals surface area contributed by atoms with Gasteiger partial charge in [-0.1, -0.05) is 24.3 Å². The van der Waals surface area contributed by atoms with Gasteiger partial charge in [0.2, 0.25) is 0 Å². The predicted octanol–water partition coefficient (Wildman–Crippen LogP) is 4.13. The van der Waals surface area contributed by atoms with E-state index < -0.39 is 5.82 Å². The van der Waals surface area contributed by atoms with Gasteiger partial charge in [-0.15, -0.1) is 0 Å². The molecule has 0 fully saturated rings. The second kappa shape index (κ2) is 5.00. The fraction of sp³-hybridized carbons (Fsp3) is 0.133. The third-order valence-electron chi connectivity index (χ3n) is 2.65. The molecule has 0 aliphatic carbocycles. The number of aryl methyl sites for hydroxylation is 1. The molecule has 0 atom stereocenters. The molecule has 0 spiro atoms. The Balaban J connectivity index is 2.46. The minimum Gasteiger partial charge on any atom is -0.453 e. The normalized spacial score (nSPS) is 10.2. The number of benzene rings is 2. The number of carbonyl (C=O) groups is 1. The lowest BCUT2D eigenvalue weighted by molar-refractivity contribution is 0.101. The number of ketones is 1. The fourth-order valence-corrected chi connectivity index (χ4v) is 1.67. The second-order valence-corrected chi connectivity index (χ2v) is 4.04. The van der Waals surface area contributed by atoms with E-state index in [-0.39, 0.29) is 17.1 Å². The molecule has 3 heteroatoms. The van der Waals surface area contributed by atoms with Gasteiger partial charge in [0.1, 0.15) is 5.75 Å². The van der Waals surface area contributed by atoms with Crippen molar-refractivity contribution in [1.82, 2.24) is 0 Å². The van der Waals surface area contributed by atoms with Gasteiger partial charge in [-0.05, 0) is 37.6 Å². The smallest absolute Gasteiger partial charge is 0.173 e. The van der Waals surface area contributed by atoms with Crippen LogP contribution in [0, 0.1) is 12.7 Å². The standard InChI is InChI=1S/C15H13FO2/c1-10-6-3-4-9-14(10)18-15-12(11(2)17)7-5-8-13(15)16/h3-9H,1-2H3. The molecular weight excluding hydrogens is 231 g/mol. The quantitative estimate of drug-likeness (QED) is 0.759. The second-order valence-electron chi connectivity index (χ2n) is 4.04. The van der Waals surface area contributed by atoms with Gasteiger partial charge in [0.25, 0.3) is 0 Å². The van der Waals surface area contributed by atoms with Crippen LogP contribution in [0.1, 0.15) is 22.8 Å². The van der Waals surface area contributed by atoms with Crippen molar-refractivity contribution >= 4 is 5.78 Å². The molecule has 0 unspecified atom stereocenters. The number of hydrogen-bond acceptors (Lipinski definition) is 2. The highest BCUT2D eigenvalue weighted by atomic mass is 19.1. The summed E-state index contributed by atoms with van der Waals surface area (Å²) < 4.78 is 19.3. The molecule has 0 amide bonds. The summed E-state index contributed by atoms with van der Waals surface area (Å²) >= 11 is 0. The van der Waals surface area contributed by atoms with Gasteiger partial charge in [0.15, 0.2) is 17.3 Å².